The fourth-order valence-electron chi connectivity index (χ4n) is 5.08. The summed E-state index contributed by atoms with van der Waals surface area (Å²) in [6.07, 6.45) is 14.8. The third-order valence-corrected chi connectivity index (χ3v) is 8.04. The van der Waals surface area contributed by atoms with Gasteiger partial charge in [0.2, 0.25) is 11.5 Å². The van der Waals surface area contributed by atoms with Gasteiger partial charge in [-0.2, -0.15) is 0 Å². The highest BCUT2D eigenvalue weighted by Gasteiger charge is 2.18. The van der Waals surface area contributed by atoms with Crippen LogP contribution in [0.1, 0.15) is 88.5 Å². The lowest BCUT2D eigenvalue weighted by Gasteiger charge is -2.20. The normalized spacial score (nSPS) is 12.1. The van der Waals surface area contributed by atoms with Gasteiger partial charge in [-0.1, -0.05) is 95.5 Å². The summed E-state index contributed by atoms with van der Waals surface area (Å²) in [5, 5.41) is 0. The molecular weight excluding hydrogens is 564 g/mol. The van der Waals surface area contributed by atoms with Crippen molar-refractivity contribution in [1.82, 2.24) is 0 Å². The minimum atomic E-state index is 0.109. The van der Waals surface area contributed by atoms with Crippen LogP contribution in [-0.4, -0.2) is 41.2 Å². The second-order valence-corrected chi connectivity index (χ2v) is 11.1. The molecule has 3 aromatic carbocycles. The molecule has 0 N–H and O–H groups in total. The van der Waals surface area contributed by atoms with Crippen LogP contribution in [0.4, 0.5) is 0 Å². The Balaban J connectivity index is 1.73. The smallest absolute Gasteiger partial charge is 0.203 e. The number of ether oxygens (including phenoxy) is 6. The maximum Gasteiger partial charge on any atom is 0.203 e. The van der Waals surface area contributed by atoms with Crippen LogP contribution in [0.5, 0.6) is 34.5 Å². The van der Waals surface area contributed by atoms with Crippen LogP contribution in [-0.2, 0) is 0 Å². The molecule has 0 aliphatic carbocycles. The Kier molecular flexibility index (Phi) is 14.7. The molecule has 0 saturated carbocycles. The highest BCUT2D eigenvalue weighted by molar-refractivity contribution is 5.75. The van der Waals surface area contributed by atoms with Crippen LogP contribution < -0.4 is 28.4 Å². The van der Waals surface area contributed by atoms with E-state index in [1.807, 2.05) is 30.3 Å². The van der Waals surface area contributed by atoms with E-state index in [-0.39, 0.29) is 6.10 Å². The maximum absolute atomic E-state index is 6.24. The molecule has 45 heavy (non-hydrogen) atoms. The Labute approximate surface area is 271 Å². The highest BCUT2D eigenvalue weighted by atomic mass is 16.5. The van der Waals surface area contributed by atoms with E-state index in [9.17, 15) is 0 Å². The van der Waals surface area contributed by atoms with Crippen molar-refractivity contribution >= 4 is 24.3 Å². The van der Waals surface area contributed by atoms with Crippen LogP contribution in [0.3, 0.4) is 0 Å². The fraction of sp³-hybridized carbons (Fsp3) is 0.436. The van der Waals surface area contributed by atoms with Crippen molar-refractivity contribution in [1.29, 1.82) is 0 Å². The predicted octanol–water partition coefficient (Wildman–Crippen LogP) is 10.2. The first-order chi connectivity index (χ1) is 21.9. The zero-order valence-corrected chi connectivity index (χ0v) is 28.5. The van der Waals surface area contributed by atoms with Gasteiger partial charge in [-0.3, -0.25) is 0 Å². The molecule has 0 aromatic heterocycles. The molecule has 0 fully saturated rings. The molecule has 6 nitrogen and oxygen atoms in total. The zero-order valence-electron chi connectivity index (χ0n) is 28.5. The summed E-state index contributed by atoms with van der Waals surface area (Å²) in [6, 6.07) is 16.3. The molecule has 0 aliphatic heterocycles. The quantitative estimate of drug-likeness (QED) is 0.125. The van der Waals surface area contributed by atoms with Crippen LogP contribution in [0.25, 0.3) is 24.3 Å². The number of hydrogen-bond donors (Lipinski definition) is 0. The van der Waals surface area contributed by atoms with E-state index in [1.54, 1.807) is 28.4 Å². The Bertz CT molecular complexity index is 1320. The van der Waals surface area contributed by atoms with E-state index >= 15 is 0 Å². The zero-order chi connectivity index (χ0) is 32.6. The van der Waals surface area contributed by atoms with Crippen LogP contribution >= 0.6 is 0 Å². The van der Waals surface area contributed by atoms with E-state index in [0.717, 1.165) is 47.9 Å². The Morgan fingerprint density at radius 2 is 0.978 bits per heavy atom. The molecule has 0 saturated heterocycles. The molecule has 1 atom stereocenters. The summed E-state index contributed by atoms with van der Waals surface area (Å²) in [6.45, 7) is 9.32. The summed E-state index contributed by atoms with van der Waals surface area (Å²) in [5.74, 6) is 4.48. The van der Waals surface area contributed by atoms with Crippen LogP contribution in [0, 0.1) is 5.92 Å². The third-order valence-electron chi connectivity index (χ3n) is 8.04. The van der Waals surface area contributed by atoms with E-state index in [0.29, 0.717) is 47.0 Å². The molecule has 0 bridgehead atoms. The maximum atomic E-state index is 6.24. The van der Waals surface area contributed by atoms with E-state index in [4.69, 9.17) is 28.4 Å². The molecular formula is C39H52O6. The van der Waals surface area contributed by atoms with Gasteiger partial charge in [0, 0.05) is 0 Å². The van der Waals surface area contributed by atoms with Gasteiger partial charge < -0.3 is 28.4 Å². The lowest BCUT2D eigenvalue weighted by molar-refractivity contribution is 0.177. The van der Waals surface area contributed by atoms with E-state index in [1.165, 1.54) is 12.8 Å². The summed E-state index contributed by atoms with van der Waals surface area (Å²) < 4.78 is 35.2. The monoisotopic (exact) mass is 616 g/mol. The van der Waals surface area contributed by atoms with Gasteiger partial charge in [0.1, 0.15) is 0 Å². The largest absolute Gasteiger partial charge is 0.493 e. The average Bonchev–Trinajstić information content (AvgIpc) is 3.08. The number of benzene rings is 3. The van der Waals surface area contributed by atoms with Gasteiger partial charge in [0.05, 0.1) is 41.2 Å². The molecule has 6 heteroatoms. The van der Waals surface area contributed by atoms with Crippen molar-refractivity contribution in [3.63, 3.8) is 0 Å². The first kappa shape index (κ1) is 35.4. The molecule has 1 unspecified atom stereocenters. The minimum Gasteiger partial charge on any atom is -0.493 e. The lowest BCUT2D eigenvalue weighted by atomic mass is 10.0. The minimum absolute atomic E-state index is 0.109. The summed E-state index contributed by atoms with van der Waals surface area (Å²) in [7, 11) is 6.63. The molecule has 3 aromatic rings. The van der Waals surface area contributed by atoms with Crippen molar-refractivity contribution in [2.24, 2.45) is 5.92 Å². The Morgan fingerprint density at radius 3 is 1.36 bits per heavy atom. The van der Waals surface area contributed by atoms with Crippen molar-refractivity contribution in [2.45, 2.75) is 72.3 Å². The first-order valence-electron chi connectivity index (χ1n) is 16.2. The number of unbranched alkanes of at least 4 members (excludes halogenated alkanes) is 1. The Morgan fingerprint density at radius 1 is 0.556 bits per heavy atom. The lowest BCUT2D eigenvalue weighted by Crippen LogP contribution is -2.15. The molecule has 0 radical (unpaired) electrons. The van der Waals surface area contributed by atoms with Gasteiger partial charge in [0.25, 0.3) is 0 Å². The molecule has 0 heterocycles. The van der Waals surface area contributed by atoms with E-state index < -0.39 is 0 Å². The van der Waals surface area contributed by atoms with Crippen molar-refractivity contribution in [3.05, 3.63) is 70.8 Å². The predicted molar refractivity (Wildman–Crippen MR) is 187 cm³/mol. The SMILES string of the molecule is CCCCC(CC)COc1c(OC)cc(/C=C/c2ccc(/C=C/c3cc(OC)c(OC(CC)CC)c(OC)c3)cc2)cc1OC. The molecule has 0 spiro atoms. The Hall–Kier alpha value is -4.06. The molecule has 244 valence electrons. The summed E-state index contributed by atoms with van der Waals surface area (Å²) in [5.41, 5.74) is 4.10. The van der Waals surface area contributed by atoms with E-state index in [2.05, 4.69) is 70.2 Å². The molecule has 0 aliphatic rings. The van der Waals surface area contributed by atoms with Crippen LogP contribution in [0.2, 0.25) is 0 Å². The fourth-order valence-corrected chi connectivity index (χ4v) is 5.08. The van der Waals surface area contributed by atoms with Crippen molar-refractivity contribution in [2.75, 3.05) is 35.0 Å². The number of rotatable bonds is 19. The van der Waals surface area contributed by atoms with Gasteiger partial charge in [0.15, 0.2) is 23.0 Å². The topological polar surface area (TPSA) is 55.4 Å². The van der Waals surface area contributed by atoms with Gasteiger partial charge in [-0.15, -0.1) is 0 Å². The molecule has 3 rings (SSSR count). The number of methoxy groups -OCH3 is 4. The first-order valence-corrected chi connectivity index (χ1v) is 16.2. The van der Waals surface area contributed by atoms with Crippen molar-refractivity contribution in [3.8, 4) is 34.5 Å². The average molecular weight is 617 g/mol. The summed E-state index contributed by atoms with van der Waals surface area (Å²) >= 11 is 0. The number of hydrogen-bond acceptors (Lipinski definition) is 6. The highest BCUT2D eigenvalue weighted by Crippen LogP contribution is 2.41. The standard InChI is InChI=1S/C39H52O6/c1-9-13-14-28(10-2)27-44-38-34(40-5)23-31(24-35(38)41-6)21-19-29-15-17-30(18-16-29)20-22-32-25-36(42-7)39(37(26-32)43-8)45-33(11-3)12-4/h15-26,28,33H,9-14,27H2,1-8H3/b21-19+,22-20+. The van der Waals surface area contributed by atoms with Gasteiger partial charge in [-0.25, -0.2) is 0 Å². The summed E-state index contributed by atoms with van der Waals surface area (Å²) in [4.78, 5) is 0. The van der Waals surface area contributed by atoms with Gasteiger partial charge in [-0.05, 0) is 71.7 Å². The second kappa shape index (κ2) is 18.7. The van der Waals surface area contributed by atoms with Crippen LogP contribution in [0.15, 0.2) is 48.5 Å². The van der Waals surface area contributed by atoms with Gasteiger partial charge >= 0.3 is 0 Å². The van der Waals surface area contributed by atoms with Crippen molar-refractivity contribution < 1.29 is 28.4 Å². The molecule has 0 amide bonds. The second-order valence-electron chi connectivity index (χ2n) is 11.1. The third kappa shape index (κ3) is 10.2.